The number of alkyl halides is 3. The Balaban J connectivity index is 1.51. The number of fused-ring (bicyclic) bond motifs is 3. The van der Waals surface area contributed by atoms with Gasteiger partial charge >= 0.3 is 6.18 Å². The van der Waals surface area contributed by atoms with E-state index in [1.54, 1.807) is 13.0 Å². The molecule has 9 heteroatoms. The van der Waals surface area contributed by atoms with Crippen LogP contribution in [-0.2, 0) is 10.9 Å². The number of nitrogens with zero attached hydrogens (tertiary/aromatic N) is 3. The zero-order valence-corrected chi connectivity index (χ0v) is 18.1. The molecule has 0 spiro atoms. The summed E-state index contributed by atoms with van der Waals surface area (Å²) in [5.41, 5.74) is 9.69. The maximum absolute atomic E-state index is 13.3. The first-order chi connectivity index (χ1) is 15.8. The van der Waals surface area contributed by atoms with Gasteiger partial charge in [-0.15, -0.1) is 0 Å². The molecule has 0 bridgehead atoms. The van der Waals surface area contributed by atoms with Crippen molar-refractivity contribution >= 4 is 28.7 Å². The maximum Gasteiger partial charge on any atom is 0.416 e. The monoisotopic (exact) mass is 455 g/mol. The number of halogens is 3. The SMILES string of the molecule is CC(NC1=NC2=NCCN2c2ccc(C3=CCOCC3)cc21)c1cc(N)cc(C(F)(F)F)c1. The van der Waals surface area contributed by atoms with E-state index in [2.05, 4.69) is 39.5 Å². The predicted octanol–water partition coefficient (Wildman–Crippen LogP) is 4.38. The minimum absolute atomic E-state index is 0.0690. The van der Waals surface area contributed by atoms with E-state index in [0.717, 1.165) is 41.9 Å². The zero-order valence-electron chi connectivity index (χ0n) is 18.1. The molecular weight excluding hydrogens is 431 g/mol. The Kier molecular flexibility index (Phi) is 5.36. The lowest BCUT2D eigenvalue weighted by Gasteiger charge is -2.29. The van der Waals surface area contributed by atoms with Crippen LogP contribution in [0.5, 0.6) is 0 Å². The average molecular weight is 455 g/mol. The van der Waals surface area contributed by atoms with Crippen LogP contribution in [0.25, 0.3) is 5.57 Å². The van der Waals surface area contributed by atoms with Crippen molar-refractivity contribution in [3.63, 3.8) is 0 Å². The number of aliphatic imine (C=N–C) groups is 2. The molecule has 0 fully saturated rings. The van der Waals surface area contributed by atoms with Gasteiger partial charge in [-0.3, -0.25) is 0 Å². The molecule has 0 saturated heterocycles. The minimum atomic E-state index is -4.47. The van der Waals surface area contributed by atoms with Crippen LogP contribution < -0.4 is 16.0 Å². The summed E-state index contributed by atoms with van der Waals surface area (Å²) in [6, 6.07) is 9.40. The van der Waals surface area contributed by atoms with Crippen LogP contribution in [0.3, 0.4) is 0 Å². The largest absolute Gasteiger partial charge is 0.416 e. The molecule has 1 atom stereocenters. The summed E-state index contributed by atoms with van der Waals surface area (Å²) in [4.78, 5) is 11.3. The van der Waals surface area contributed by atoms with Crippen LogP contribution in [-0.4, -0.2) is 38.1 Å². The topological polar surface area (TPSA) is 75.2 Å². The number of hydrogen-bond donors (Lipinski definition) is 2. The van der Waals surface area contributed by atoms with Crippen LogP contribution in [0.15, 0.2) is 52.5 Å². The number of nitrogen functional groups attached to an aromatic ring is 1. The number of guanidine groups is 1. The van der Waals surface area contributed by atoms with Gasteiger partial charge < -0.3 is 20.7 Å². The molecule has 3 aliphatic rings. The number of ether oxygens (including phenoxy) is 1. The van der Waals surface area contributed by atoms with Crippen LogP contribution in [0, 0.1) is 0 Å². The third-order valence-corrected chi connectivity index (χ3v) is 6.06. The highest BCUT2D eigenvalue weighted by atomic mass is 19.4. The third kappa shape index (κ3) is 4.20. The highest BCUT2D eigenvalue weighted by molar-refractivity contribution is 6.18. The van der Waals surface area contributed by atoms with Crippen LogP contribution in [0.1, 0.15) is 41.6 Å². The molecule has 1 unspecified atom stereocenters. The first-order valence-corrected chi connectivity index (χ1v) is 10.9. The van der Waals surface area contributed by atoms with Gasteiger partial charge in [-0.1, -0.05) is 12.1 Å². The Morgan fingerprint density at radius 3 is 2.79 bits per heavy atom. The zero-order chi connectivity index (χ0) is 23.2. The number of nitrogens with one attached hydrogen (secondary N) is 1. The van der Waals surface area contributed by atoms with E-state index in [-0.39, 0.29) is 5.69 Å². The lowest BCUT2D eigenvalue weighted by Crippen LogP contribution is -2.38. The average Bonchev–Trinajstić information content (AvgIpc) is 3.27. The van der Waals surface area contributed by atoms with E-state index in [9.17, 15) is 13.2 Å². The van der Waals surface area contributed by atoms with Gasteiger partial charge in [0.2, 0.25) is 5.96 Å². The fourth-order valence-electron chi connectivity index (χ4n) is 4.36. The Hall–Kier alpha value is -3.33. The highest BCUT2D eigenvalue weighted by Crippen LogP contribution is 2.35. The van der Waals surface area contributed by atoms with Gasteiger partial charge in [-0.2, -0.15) is 18.2 Å². The summed E-state index contributed by atoms with van der Waals surface area (Å²) in [6.45, 7) is 4.45. The van der Waals surface area contributed by atoms with Crippen molar-refractivity contribution in [3.05, 3.63) is 64.7 Å². The first-order valence-electron chi connectivity index (χ1n) is 10.9. The summed E-state index contributed by atoms with van der Waals surface area (Å²) in [5.74, 6) is 1.19. The van der Waals surface area contributed by atoms with Gasteiger partial charge in [-0.25, -0.2) is 4.99 Å². The molecule has 2 aromatic rings. The molecule has 33 heavy (non-hydrogen) atoms. The molecule has 3 aliphatic heterocycles. The number of hydrogen-bond acceptors (Lipinski definition) is 6. The van der Waals surface area contributed by atoms with Crippen molar-refractivity contribution in [2.75, 3.05) is 36.9 Å². The van der Waals surface area contributed by atoms with Gasteiger partial charge in [0, 0.05) is 17.8 Å². The van der Waals surface area contributed by atoms with E-state index in [1.165, 1.54) is 5.57 Å². The molecule has 0 aromatic heterocycles. The number of anilines is 2. The summed E-state index contributed by atoms with van der Waals surface area (Å²) in [7, 11) is 0. The van der Waals surface area contributed by atoms with Gasteiger partial charge in [0.1, 0.15) is 5.84 Å². The summed E-state index contributed by atoms with van der Waals surface area (Å²) < 4.78 is 45.3. The van der Waals surface area contributed by atoms with Crippen molar-refractivity contribution in [1.29, 1.82) is 0 Å². The first kappa shape index (κ1) is 21.5. The molecule has 2 aromatic carbocycles. The molecule has 6 nitrogen and oxygen atoms in total. The highest BCUT2D eigenvalue weighted by Gasteiger charge is 2.32. The fourth-order valence-corrected chi connectivity index (χ4v) is 4.36. The number of nitrogens with two attached hydrogens (primary N) is 1. The van der Waals surface area contributed by atoms with Crippen LogP contribution in [0.2, 0.25) is 0 Å². The molecule has 0 amide bonds. The van der Waals surface area contributed by atoms with Gasteiger partial charge in [0.25, 0.3) is 0 Å². The quantitative estimate of drug-likeness (QED) is 0.674. The summed E-state index contributed by atoms with van der Waals surface area (Å²) in [6.07, 6.45) is -1.56. The second-order valence-electron chi connectivity index (χ2n) is 8.33. The molecule has 172 valence electrons. The predicted molar refractivity (Wildman–Crippen MR) is 123 cm³/mol. The molecule has 5 rings (SSSR count). The normalized spacial score (nSPS) is 18.7. The molecule has 0 radical (unpaired) electrons. The fraction of sp³-hybridized carbons (Fsp3) is 0.333. The van der Waals surface area contributed by atoms with Crippen LogP contribution >= 0.6 is 0 Å². The Morgan fingerprint density at radius 2 is 2.03 bits per heavy atom. The van der Waals surface area contributed by atoms with Gasteiger partial charge in [0.15, 0.2) is 0 Å². The van der Waals surface area contributed by atoms with Gasteiger partial charge in [0.05, 0.1) is 37.1 Å². The van der Waals surface area contributed by atoms with E-state index < -0.39 is 17.8 Å². The van der Waals surface area contributed by atoms with Crippen molar-refractivity contribution in [2.45, 2.75) is 25.6 Å². The second-order valence-corrected chi connectivity index (χ2v) is 8.33. The van der Waals surface area contributed by atoms with Crippen molar-refractivity contribution in [1.82, 2.24) is 5.32 Å². The number of amidine groups is 1. The number of rotatable bonds is 3. The Morgan fingerprint density at radius 1 is 1.18 bits per heavy atom. The summed E-state index contributed by atoms with van der Waals surface area (Å²) in [5, 5.41) is 3.32. The maximum atomic E-state index is 13.3. The van der Waals surface area contributed by atoms with E-state index in [1.807, 2.05) is 0 Å². The molecule has 3 N–H and O–H groups in total. The smallest absolute Gasteiger partial charge is 0.399 e. The lowest BCUT2D eigenvalue weighted by atomic mass is 9.96. The molecule has 0 aliphatic carbocycles. The van der Waals surface area contributed by atoms with E-state index in [0.29, 0.717) is 37.1 Å². The third-order valence-electron chi connectivity index (χ3n) is 6.06. The van der Waals surface area contributed by atoms with Gasteiger partial charge in [-0.05, 0) is 60.4 Å². The second kappa shape index (κ2) is 8.22. The van der Waals surface area contributed by atoms with Crippen molar-refractivity contribution < 1.29 is 17.9 Å². The van der Waals surface area contributed by atoms with Crippen molar-refractivity contribution in [3.8, 4) is 0 Å². The van der Waals surface area contributed by atoms with Crippen LogP contribution in [0.4, 0.5) is 24.5 Å². The Labute approximate surface area is 189 Å². The Bertz CT molecular complexity index is 1190. The lowest BCUT2D eigenvalue weighted by molar-refractivity contribution is -0.137. The van der Waals surface area contributed by atoms with E-state index in [4.69, 9.17) is 15.5 Å². The molecular formula is C24H24F3N5O. The standard InChI is InChI=1S/C24H24F3N5O/c1-14(17-10-18(24(25,26)27)13-19(28)11-17)30-22-20-12-16(15-4-8-33-9-5-15)2-3-21(20)32-7-6-29-23(32)31-22/h2-4,10-14H,5-9,28H2,1H3,(H,29,30,31). The number of benzene rings is 2. The minimum Gasteiger partial charge on any atom is -0.399 e. The molecule has 3 heterocycles. The summed E-state index contributed by atoms with van der Waals surface area (Å²) >= 11 is 0. The van der Waals surface area contributed by atoms with Crippen molar-refractivity contribution in [2.24, 2.45) is 9.98 Å². The molecule has 0 saturated carbocycles. The van der Waals surface area contributed by atoms with E-state index >= 15 is 0 Å².